The minimum atomic E-state index is -3.77. The highest BCUT2D eigenvalue weighted by Crippen LogP contribution is 2.31. The van der Waals surface area contributed by atoms with Gasteiger partial charge in [-0.3, -0.25) is 4.79 Å². The maximum Gasteiger partial charge on any atom is 0.257 e. The lowest BCUT2D eigenvalue weighted by atomic mass is 10.1. The van der Waals surface area contributed by atoms with Crippen molar-refractivity contribution in [3.05, 3.63) is 63.9 Å². The molecule has 144 valence electrons. The number of benzene rings is 2. The Morgan fingerprint density at radius 2 is 2.00 bits per heavy atom. The minimum Gasteiger partial charge on any atom is -0.331 e. The first-order valence-electron chi connectivity index (χ1n) is 8.66. The molecule has 1 aliphatic carbocycles. The summed E-state index contributed by atoms with van der Waals surface area (Å²) in [4.78, 5) is 14.5. The van der Waals surface area contributed by atoms with Gasteiger partial charge in [-0.15, -0.1) is 0 Å². The van der Waals surface area contributed by atoms with Crippen LogP contribution in [0.4, 0.5) is 4.39 Å². The SMILES string of the molecule is CCNS(=O)(=O)c1ccc(F)c(C(=O)N(Cc2cccc(Br)c2)C2CC2)c1. The van der Waals surface area contributed by atoms with Crippen LogP contribution in [0.5, 0.6) is 0 Å². The molecule has 0 heterocycles. The molecule has 2 aromatic carbocycles. The third-order valence-electron chi connectivity index (χ3n) is 4.30. The predicted octanol–water partition coefficient (Wildman–Crippen LogP) is 3.69. The number of carbonyl (C=O) groups is 1. The Hall–Kier alpha value is -1.77. The zero-order valence-electron chi connectivity index (χ0n) is 14.8. The summed E-state index contributed by atoms with van der Waals surface area (Å²) in [6.07, 6.45) is 1.72. The third kappa shape index (κ3) is 4.75. The average molecular weight is 455 g/mol. The molecule has 1 aliphatic rings. The normalized spacial score (nSPS) is 14.2. The molecule has 0 saturated heterocycles. The van der Waals surface area contributed by atoms with Crippen molar-refractivity contribution in [3.8, 4) is 0 Å². The van der Waals surface area contributed by atoms with Crippen LogP contribution in [-0.4, -0.2) is 31.8 Å². The molecule has 1 saturated carbocycles. The van der Waals surface area contributed by atoms with Gasteiger partial charge in [0.05, 0.1) is 10.5 Å². The van der Waals surface area contributed by atoms with Crippen molar-refractivity contribution in [3.63, 3.8) is 0 Å². The third-order valence-corrected chi connectivity index (χ3v) is 6.34. The van der Waals surface area contributed by atoms with Gasteiger partial charge in [-0.2, -0.15) is 0 Å². The molecule has 2 aromatic rings. The van der Waals surface area contributed by atoms with Gasteiger partial charge in [-0.05, 0) is 48.7 Å². The van der Waals surface area contributed by atoms with E-state index in [1.54, 1.807) is 11.8 Å². The molecule has 0 radical (unpaired) electrons. The molecule has 0 aliphatic heterocycles. The fourth-order valence-corrected chi connectivity index (χ4v) is 4.36. The van der Waals surface area contributed by atoms with Crippen LogP contribution in [0, 0.1) is 5.82 Å². The fourth-order valence-electron chi connectivity index (χ4n) is 2.85. The van der Waals surface area contributed by atoms with Crippen LogP contribution in [0.15, 0.2) is 51.8 Å². The number of rotatable bonds is 7. The van der Waals surface area contributed by atoms with E-state index >= 15 is 0 Å². The van der Waals surface area contributed by atoms with Crippen molar-refractivity contribution >= 4 is 31.9 Å². The van der Waals surface area contributed by atoms with Crippen LogP contribution in [0.3, 0.4) is 0 Å². The molecule has 27 heavy (non-hydrogen) atoms. The topological polar surface area (TPSA) is 66.5 Å². The van der Waals surface area contributed by atoms with E-state index in [4.69, 9.17) is 0 Å². The van der Waals surface area contributed by atoms with E-state index in [1.165, 1.54) is 6.07 Å². The summed E-state index contributed by atoms with van der Waals surface area (Å²) in [7, 11) is -3.77. The van der Waals surface area contributed by atoms with Crippen LogP contribution >= 0.6 is 15.9 Å². The minimum absolute atomic E-state index is 0.0462. The van der Waals surface area contributed by atoms with Crippen molar-refractivity contribution in [2.45, 2.75) is 37.2 Å². The maximum atomic E-state index is 14.4. The lowest BCUT2D eigenvalue weighted by Gasteiger charge is -2.23. The van der Waals surface area contributed by atoms with Crippen molar-refractivity contribution < 1.29 is 17.6 Å². The first kappa shape index (κ1) is 20.0. The molecule has 0 aromatic heterocycles. The number of hydrogen-bond acceptors (Lipinski definition) is 3. The predicted molar refractivity (Wildman–Crippen MR) is 104 cm³/mol. The second-order valence-corrected chi connectivity index (χ2v) is 9.12. The summed E-state index contributed by atoms with van der Waals surface area (Å²) in [5.41, 5.74) is 0.692. The van der Waals surface area contributed by atoms with Gasteiger partial charge >= 0.3 is 0 Å². The standard InChI is InChI=1S/C19H20BrFN2O3S/c1-2-22-27(25,26)16-8-9-18(21)17(11-16)19(24)23(15-6-7-15)12-13-4-3-5-14(20)10-13/h3-5,8-11,15,22H,2,6-7,12H2,1H3. The van der Waals surface area contributed by atoms with E-state index in [0.29, 0.717) is 6.54 Å². The van der Waals surface area contributed by atoms with Crippen molar-refractivity contribution in [1.82, 2.24) is 9.62 Å². The zero-order valence-corrected chi connectivity index (χ0v) is 17.2. The monoisotopic (exact) mass is 454 g/mol. The summed E-state index contributed by atoms with van der Waals surface area (Å²) in [5.74, 6) is -1.22. The van der Waals surface area contributed by atoms with Gasteiger partial charge in [0.2, 0.25) is 10.0 Å². The largest absolute Gasteiger partial charge is 0.331 e. The van der Waals surface area contributed by atoms with E-state index in [1.807, 2.05) is 24.3 Å². The van der Waals surface area contributed by atoms with Gasteiger partial charge in [0.15, 0.2) is 0 Å². The highest BCUT2D eigenvalue weighted by molar-refractivity contribution is 9.10. The molecular formula is C19H20BrFN2O3S. The highest BCUT2D eigenvalue weighted by Gasteiger charge is 2.34. The van der Waals surface area contributed by atoms with Crippen LogP contribution < -0.4 is 4.72 Å². The molecule has 0 bridgehead atoms. The van der Waals surface area contributed by atoms with Gasteiger partial charge in [0.25, 0.3) is 5.91 Å². The summed E-state index contributed by atoms with van der Waals surface area (Å²) in [6, 6.07) is 10.9. The smallest absolute Gasteiger partial charge is 0.257 e. The number of amides is 1. The Morgan fingerprint density at radius 1 is 1.26 bits per heavy atom. The Labute approximate surface area is 166 Å². The first-order valence-corrected chi connectivity index (χ1v) is 10.9. The van der Waals surface area contributed by atoms with E-state index in [0.717, 1.165) is 35.0 Å². The van der Waals surface area contributed by atoms with Crippen molar-refractivity contribution in [2.75, 3.05) is 6.54 Å². The Bertz CT molecular complexity index is 961. The molecule has 5 nitrogen and oxygen atoms in total. The van der Waals surface area contributed by atoms with E-state index in [2.05, 4.69) is 20.7 Å². The molecule has 0 atom stereocenters. The summed E-state index contributed by atoms with van der Waals surface area (Å²) in [6.45, 7) is 2.20. The number of sulfonamides is 1. The van der Waals surface area contributed by atoms with Crippen LogP contribution in [0.1, 0.15) is 35.7 Å². The zero-order chi connectivity index (χ0) is 19.6. The quantitative estimate of drug-likeness (QED) is 0.693. The van der Waals surface area contributed by atoms with Gasteiger partial charge in [-0.1, -0.05) is 35.0 Å². The Kier molecular flexibility index (Phi) is 5.98. The van der Waals surface area contributed by atoms with E-state index in [-0.39, 0.29) is 23.0 Å². The van der Waals surface area contributed by atoms with Gasteiger partial charge in [0.1, 0.15) is 5.82 Å². The lowest BCUT2D eigenvalue weighted by Crippen LogP contribution is -2.33. The lowest BCUT2D eigenvalue weighted by molar-refractivity contribution is 0.0725. The fraction of sp³-hybridized carbons (Fsp3) is 0.316. The summed E-state index contributed by atoms with van der Waals surface area (Å²) in [5, 5.41) is 0. The summed E-state index contributed by atoms with van der Waals surface area (Å²) < 4.78 is 42.0. The van der Waals surface area contributed by atoms with E-state index in [9.17, 15) is 17.6 Å². The molecule has 3 rings (SSSR count). The molecule has 8 heteroatoms. The van der Waals surface area contributed by atoms with Gasteiger partial charge in [-0.25, -0.2) is 17.5 Å². The van der Waals surface area contributed by atoms with Crippen LogP contribution in [-0.2, 0) is 16.6 Å². The number of nitrogens with zero attached hydrogens (tertiary/aromatic N) is 1. The molecule has 1 amide bonds. The second kappa shape index (κ2) is 8.08. The molecule has 0 spiro atoms. The molecule has 0 unspecified atom stereocenters. The number of carbonyl (C=O) groups excluding carboxylic acids is 1. The molecular weight excluding hydrogens is 435 g/mol. The summed E-state index contributed by atoms with van der Waals surface area (Å²) >= 11 is 3.41. The average Bonchev–Trinajstić information content (AvgIpc) is 3.44. The molecule has 1 fully saturated rings. The second-order valence-electron chi connectivity index (χ2n) is 6.44. The number of nitrogens with one attached hydrogen (secondary N) is 1. The molecule has 1 N–H and O–H groups in total. The van der Waals surface area contributed by atoms with Crippen molar-refractivity contribution in [1.29, 1.82) is 0 Å². The van der Waals surface area contributed by atoms with Gasteiger partial charge < -0.3 is 4.90 Å². The Balaban J connectivity index is 1.92. The maximum absolute atomic E-state index is 14.4. The highest BCUT2D eigenvalue weighted by atomic mass is 79.9. The van der Waals surface area contributed by atoms with Crippen molar-refractivity contribution in [2.24, 2.45) is 0 Å². The number of hydrogen-bond donors (Lipinski definition) is 1. The Morgan fingerprint density at radius 3 is 2.63 bits per heavy atom. The first-order chi connectivity index (χ1) is 12.8. The number of halogens is 2. The van der Waals surface area contributed by atoms with Gasteiger partial charge in [0, 0.05) is 23.6 Å². The van der Waals surface area contributed by atoms with Crippen LogP contribution in [0.25, 0.3) is 0 Å². The van der Waals surface area contributed by atoms with Crippen LogP contribution in [0.2, 0.25) is 0 Å². The van der Waals surface area contributed by atoms with E-state index < -0.39 is 21.7 Å².